The van der Waals surface area contributed by atoms with Gasteiger partial charge in [-0.2, -0.15) is 0 Å². The summed E-state index contributed by atoms with van der Waals surface area (Å²) in [5.41, 5.74) is 0. The Morgan fingerprint density at radius 3 is 2.67 bits per heavy atom. The van der Waals surface area contributed by atoms with Gasteiger partial charge in [-0.1, -0.05) is 18.2 Å². The molecule has 1 aromatic rings. The largest absolute Gasteiger partial charge is 0.464 e. The monoisotopic (exact) mass is 270 g/mol. The lowest BCUT2D eigenvalue weighted by Gasteiger charge is -2.01. The van der Waals surface area contributed by atoms with Crippen LogP contribution in [0.15, 0.2) is 41.1 Å². The number of esters is 1. The number of ether oxygens (including phenoxy) is 2. The Hall–Kier alpha value is -1.29. The lowest BCUT2D eigenvalue weighted by atomic mass is 10.3. The van der Waals surface area contributed by atoms with Gasteiger partial charge in [-0.05, 0) is 35.0 Å². The van der Waals surface area contributed by atoms with Gasteiger partial charge in [0.1, 0.15) is 16.5 Å². The molecule has 0 spiro atoms. The molecule has 4 heteroatoms. The predicted molar refractivity (Wildman–Crippen MR) is 60.7 cm³/mol. The molecular formula is C11H11BrO3. The summed E-state index contributed by atoms with van der Waals surface area (Å²) >= 11 is 3.06. The van der Waals surface area contributed by atoms with Crippen molar-refractivity contribution in [1.29, 1.82) is 0 Å². The van der Waals surface area contributed by atoms with Crippen molar-refractivity contribution in [1.82, 2.24) is 0 Å². The lowest BCUT2D eigenvalue weighted by molar-refractivity contribution is -0.137. The fourth-order valence-corrected chi connectivity index (χ4v) is 1.07. The maximum absolute atomic E-state index is 11.1. The van der Waals surface area contributed by atoms with Crippen LogP contribution in [0, 0.1) is 0 Å². The molecule has 3 nitrogen and oxygen atoms in total. The second-order valence-electron chi connectivity index (χ2n) is 2.62. The Morgan fingerprint density at radius 1 is 1.40 bits per heavy atom. The van der Waals surface area contributed by atoms with Crippen molar-refractivity contribution >= 4 is 21.9 Å². The van der Waals surface area contributed by atoms with Crippen molar-refractivity contribution in [2.24, 2.45) is 0 Å². The first-order chi connectivity index (χ1) is 7.24. The molecule has 0 unspecified atom stereocenters. The van der Waals surface area contributed by atoms with E-state index in [1.54, 1.807) is 19.1 Å². The number of carbonyl (C=O) groups excluding carboxylic acids is 1. The molecule has 80 valence electrons. The van der Waals surface area contributed by atoms with Crippen LogP contribution in [-0.4, -0.2) is 12.6 Å². The number of hydrogen-bond acceptors (Lipinski definition) is 3. The molecule has 0 aliphatic rings. The predicted octanol–water partition coefficient (Wildman–Crippen LogP) is 2.86. The van der Waals surface area contributed by atoms with Gasteiger partial charge in [-0.3, -0.25) is 0 Å². The highest BCUT2D eigenvalue weighted by Gasteiger charge is 2.06. The van der Waals surface area contributed by atoms with E-state index in [2.05, 4.69) is 15.9 Å². The van der Waals surface area contributed by atoms with Gasteiger partial charge in [0.2, 0.25) is 0 Å². The molecule has 1 rings (SSSR count). The Labute approximate surface area is 96.8 Å². The van der Waals surface area contributed by atoms with Crippen molar-refractivity contribution in [3.8, 4) is 5.75 Å². The highest BCUT2D eigenvalue weighted by Crippen LogP contribution is 2.12. The highest BCUT2D eigenvalue weighted by molar-refractivity contribution is 9.12. The van der Waals surface area contributed by atoms with Gasteiger partial charge in [0.05, 0.1) is 6.61 Å². The second kappa shape index (κ2) is 6.24. The zero-order valence-electron chi connectivity index (χ0n) is 8.27. The Balaban J connectivity index is 2.54. The third kappa shape index (κ3) is 4.16. The van der Waals surface area contributed by atoms with Gasteiger partial charge in [0.25, 0.3) is 0 Å². The van der Waals surface area contributed by atoms with Gasteiger partial charge < -0.3 is 9.47 Å². The van der Waals surface area contributed by atoms with E-state index in [9.17, 15) is 4.79 Å². The third-order valence-corrected chi connectivity index (χ3v) is 2.02. The van der Waals surface area contributed by atoms with Gasteiger partial charge >= 0.3 is 5.97 Å². The van der Waals surface area contributed by atoms with Crippen LogP contribution in [0.5, 0.6) is 5.75 Å². The molecule has 1 aromatic carbocycles. The summed E-state index contributed by atoms with van der Waals surface area (Å²) in [6.45, 7) is 2.09. The van der Waals surface area contributed by atoms with Crippen molar-refractivity contribution in [3.05, 3.63) is 41.1 Å². The number of hydrogen-bond donors (Lipinski definition) is 0. The molecule has 0 aromatic heterocycles. The molecule has 0 heterocycles. The minimum atomic E-state index is -0.437. The second-order valence-corrected chi connectivity index (χ2v) is 3.47. The van der Waals surface area contributed by atoms with Crippen LogP contribution < -0.4 is 4.74 Å². The standard InChI is InChI=1S/C11H11BrO3/c1-2-14-11(13)10(12)8-15-9-6-4-3-5-7-9/h3-8H,2H2,1H3/b10-8-. The maximum atomic E-state index is 11.1. The molecule has 0 fully saturated rings. The van der Waals surface area contributed by atoms with E-state index in [1.165, 1.54) is 6.26 Å². The number of carbonyl (C=O) groups is 1. The van der Waals surface area contributed by atoms with Crippen molar-refractivity contribution in [2.75, 3.05) is 6.61 Å². The normalized spacial score (nSPS) is 10.9. The zero-order valence-corrected chi connectivity index (χ0v) is 9.86. The van der Waals surface area contributed by atoms with E-state index in [-0.39, 0.29) is 4.48 Å². The molecule has 0 aliphatic heterocycles. The first kappa shape index (κ1) is 11.8. The summed E-state index contributed by atoms with van der Waals surface area (Å²) < 4.78 is 10.2. The maximum Gasteiger partial charge on any atom is 0.348 e. The molecule has 0 bridgehead atoms. The smallest absolute Gasteiger partial charge is 0.348 e. The van der Waals surface area contributed by atoms with Crippen molar-refractivity contribution in [2.45, 2.75) is 6.92 Å². The van der Waals surface area contributed by atoms with Gasteiger partial charge in [0.15, 0.2) is 0 Å². The summed E-state index contributed by atoms with van der Waals surface area (Å²) in [6.07, 6.45) is 1.31. The first-order valence-corrected chi connectivity index (χ1v) is 5.28. The summed E-state index contributed by atoms with van der Waals surface area (Å²) in [5.74, 6) is 0.229. The average Bonchev–Trinajstić information content (AvgIpc) is 2.27. The van der Waals surface area contributed by atoms with E-state index in [1.807, 2.05) is 18.2 Å². The van der Waals surface area contributed by atoms with Crippen molar-refractivity contribution < 1.29 is 14.3 Å². The molecule has 0 atom stereocenters. The summed E-state index contributed by atoms with van der Waals surface area (Å²) in [7, 11) is 0. The number of para-hydroxylation sites is 1. The molecular weight excluding hydrogens is 260 g/mol. The topological polar surface area (TPSA) is 35.5 Å². The fourth-order valence-electron chi connectivity index (χ4n) is 0.867. The molecule has 0 saturated heterocycles. The number of rotatable bonds is 4. The van der Waals surface area contributed by atoms with Crippen LogP contribution in [0.2, 0.25) is 0 Å². The molecule has 0 saturated carbocycles. The summed E-state index contributed by atoms with van der Waals surface area (Å²) in [5, 5.41) is 0. The van der Waals surface area contributed by atoms with Crippen LogP contribution >= 0.6 is 15.9 Å². The minimum Gasteiger partial charge on any atom is -0.464 e. The highest BCUT2D eigenvalue weighted by atomic mass is 79.9. The van der Waals surface area contributed by atoms with Crippen LogP contribution in [0.25, 0.3) is 0 Å². The molecule has 0 radical (unpaired) electrons. The van der Waals surface area contributed by atoms with Crippen LogP contribution in [0.4, 0.5) is 0 Å². The quantitative estimate of drug-likeness (QED) is 0.480. The summed E-state index contributed by atoms with van der Waals surface area (Å²) in [6, 6.07) is 9.17. The molecule has 15 heavy (non-hydrogen) atoms. The van der Waals surface area contributed by atoms with Gasteiger partial charge in [-0.25, -0.2) is 4.79 Å². The van der Waals surface area contributed by atoms with Gasteiger partial charge in [0, 0.05) is 0 Å². The van der Waals surface area contributed by atoms with Crippen LogP contribution in [-0.2, 0) is 9.53 Å². The lowest BCUT2D eigenvalue weighted by Crippen LogP contribution is -2.04. The van der Waals surface area contributed by atoms with E-state index in [0.717, 1.165) is 0 Å². The Morgan fingerprint density at radius 2 is 2.07 bits per heavy atom. The van der Waals surface area contributed by atoms with Gasteiger partial charge in [-0.15, -0.1) is 0 Å². The molecule has 0 amide bonds. The Bertz CT molecular complexity index is 346. The van der Waals surface area contributed by atoms with E-state index < -0.39 is 5.97 Å². The zero-order chi connectivity index (χ0) is 11.1. The van der Waals surface area contributed by atoms with Crippen LogP contribution in [0.3, 0.4) is 0 Å². The van der Waals surface area contributed by atoms with E-state index >= 15 is 0 Å². The Kier molecular flexibility index (Phi) is 4.90. The van der Waals surface area contributed by atoms with E-state index in [0.29, 0.717) is 12.4 Å². The average molecular weight is 271 g/mol. The number of benzene rings is 1. The first-order valence-electron chi connectivity index (χ1n) is 4.48. The number of halogens is 1. The minimum absolute atomic E-state index is 0.258. The summed E-state index contributed by atoms with van der Waals surface area (Å²) in [4.78, 5) is 11.1. The van der Waals surface area contributed by atoms with Crippen molar-refractivity contribution in [3.63, 3.8) is 0 Å². The molecule has 0 aliphatic carbocycles. The van der Waals surface area contributed by atoms with Crippen LogP contribution in [0.1, 0.15) is 6.92 Å². The third-order valence-electron chi connectivity index (χ3n) is 1.51. The SMILES string of the molecule is CCOC(=O)/C(Br)=C/Oc1ccccc1. The fraction of sp³-hybridized carbons (Fsp3) is 0.182. The van der Waals surface area contributed by atoms with E-state index in [4.69, 9.17) is 9.47 Å². The molecule has 0 N–H and O–H groups in total.